The molecular formula is C23H22F2N4O3S. The second-order valence-corrected chi connectivity index (χ2v) is 10.9. The highest BCUT2D eigenvalue weighted by molar-refractivity contribution is 7.89. The molecule has 0 spiro atoms. The van der Waals surface area contributed by atoms with Crippen LogP contribution in [-0.2, 0) is 21.0 Å². The fourth-order valence-electron chi connectivity index (χ4n) is 3.74. The van der Waals surface area contributed by atoms with E-state index in [0.717, 1.165) is 23.4 Å². The smallest absolute Gasteiger partial charge is 0.251 e. The molecule has 1 aliphatic rings. The van der Waals surface area contributed by atoms with Crippen molar-refractivity contribution in [2.45, 2.75) is 25.0 Å². The summed E-state index contributed by atoms with van der Waals surface area (Å²) in [7, 11) is -3.52. The van der Waals surface area contributed by atoms with Crippen molar-refractivity contribution >= 4 is 27.4 Å². The molecule has 10 heteroatoms. The van der Waals surface area contributed by atoms with Crippen LogP contribution in [0.4, 0.5) is 20.4 Å². The van der Waals surface area contributed by atoms with Crippen molar-refractivity contribution in [1.29, 1.82) is 0 Å². The van der Waals surface area contributed by atoms with E-state index >= 15 is 0 Å². The van der Waals surface area contributed by atoms with Gasteiger partial charge in [-0.15, -0.1) is 0 Å². The number of hydrogen-bond donors (Lipinski definition) is 2. The molecule has 1 aromatic heterocycles. The number of fused-ring (bicyclic) bond motifs is 1. The number of halogens is 2. The third-order valence-electron chi connectivity index (χ3n) is 5.44. The van der Waals surface area contributed by atoms with Crippen LogP contribution < -0.4 is 10.6 Å². The largest absolute Gasteiger partial charge is 0.351 e. The lowest BCUT2D eigenvalue weighted by atomic mass is 9.78. The molecule has 0 fully saturated rings. The Hall–Kier alpha value is -3.40. The molecule has 0 bridgehead atoms. The maximum atomic E-state index is 14.3. The summed E-state index contributed by atoms with van der Waals surface area (Å²) in [5.41, 5.74) is 2.22. The molecule has 33 heavy (non-hydrogen) atoms. The SMILES string of the molecule is CC1(C)CNC(=O)c2ccc(-c3ccnc(Nc4cc(CS(C)(=O)=O)c(F)cc4F)n3)cc21. The summed E-state index contributed by atoms with van der Waals surface area (Å²) in [5, 5.41) is 5.58. The first-order valence-electron chi connectivity index (χ1n) is 10.1. The van der Waals surface area contributed by atoms with Gasteiger partial charge in [-0.2, -0.15) is 0 Å². The van der Waals surface area contributed by atoms with E-state index in [1.807, 2.05) is 19.9 Å². The average molecular weight is 473 g/mol. The lowest BCUT2D eigenvalue weighted by Gasteiger charge is -2.32. The number of benzene rings is 2. The van der Waals surface area contributed by atoms with Gasteiger partial charge < -0.3 is 10.6 Å². The van der Waals surface area contributed by atoms with Crippen LogP contribution in [0.5, 0.6) is 0 Å². The summed E-state index contributed by atoms with van der Waals surface area (Å²) in [6.07, 6.45) is 2.46. The fourth-order valence-corrected chi connectivity index (χ4v) is 4.52. The Kier molecular flexibility index (Phi) is 5.65. The number of anilines is 2. The molecule has 0 saturated carbocycles. The summed E-state index contributed by atoms with van der Waals surface area (Å²) in [4.78, 5) is 20.7. The lowest BCUT2D eigenvalue weighted by Crippen LogP contribution is -2.43. The van der Waals surface area contributed by atoms with Crippen LogP contribution in [0.1, 0.15) is 35.3 Å². The topological polar surface area (TPSA) is 101 Å². The third kappa shape index (κ3) is 4.85. The van der Waals surface area contributed by atoms with Gasteiger partial charge in [-0.1, -0.05) is 19.9 Å². The van der Waals surface area contributed by atoms with E-state index in [1.54, 1.807) is 18.2 Å². The van der Waals surface area contributed by atoms with Crippen LogP contribution in [0.15, 0.2) is 42.6 Å². The van der Waals surface area contributed by atoms with Crippen LogP contribution in [0.25, 0.3) is 11.3 Å². The Labute approximate surface area is 190 Å². The summed E-state index contributed by atoms with van der Waals surface area (Å²) in [6, 6.07) is 8.83. The van der Waals surface area contributed by atoms with Gasteiger partial charge >= 0.3 is 0 Å². The minimum atomic E-state index is -3.52. The highest BCUT2D eigenvalue weighted by Gasteiger charge is 2.31. The highest BCUT2D eigenvalue weighted by Crippen LogP contribution is 2.33. The molecule has 4 rings (SSSR count). The van der Waals surface area contributed by atoms with Crippen molar-refractivity contribution in [3.63, 3.8) is 0 Å². The monoisotopic (exact) mass is 472 g/mol. The molecule has 0 radical (unpaired) electrons. The molecule has 2 aromatic carbocycles. The number of sulfone groups is 1. The van der Waals surface area contributed by atoms with Crippen molar-refractivity contribution in [2.24, 2.45) is 0 Å². The minimum Gasteiger partial charge on any atom is -0.351 e. The van der Waals surface area contributed by atoms with Gasteiger partial charge in [0, 0.05) is 47.2 Å². The first-order valence-corrected chi connectivity index (χ1v) is 12.2. The van der Waals surface area contributed by atoms with Crippen LogP contribution >= 0.6 is 0 Å². The van der Waals surface area contributed by atoms with Gasteiger partial charge in [-0.3, -0.25) is 4.79 Å². The van der Waals surface area contributed by atoms with E-state index < -0.39 is 27.2 Å². The zero-order valence-corrected chi connectivity index (χ0v) is 19.1. The van der Waals surface area contributed by atoms with Gasteiger partial charge in [0.15, 0.2) is 9.84 Å². The van der Waals surface area contributed by atoms with E-state index in [9.17, 15) is 22.0 Å². The average Bonchev–Trinajstić information content (AvgIpc) is 2.73. The predicted octanol–water partition coefficient (Wildman–Crippen LogP) is 3.73. The van der Waals surface area contributed by atoms with Gasteiger partial charge in [-0.25, -0.2) is 27.2 Å². The number of hydrogen-bond acceptors (Lipinski definition) is 6. The Bertz CT molecular complexity index is 1370. The number of rotatable bonds is 5. The number of aromatic nitrogens is 2. The summed E-state index contributed by atoms with van der Waals surface area (Å²) < 4.78 is 51.5. The lowest BCUT2D eigenvalue weighted by molar-refractivity contribution is 0.0930. The molecule has 0 aliphatic carbocycles. The summed E-state index contributed by atoms with van der Waals surface area (Å²) in [6.45, 7) is 4.58. The molecule has 172 valence electrons. The first kappa shape index (κ1) is 22.8. The van der Waals surface area contributed by atoms with Gasteiger partial charge in [0.2, 0.25) is 5.95 Å². The van der Waals surface area contributed by atoms with Crippen molar-refractivity contribution in [1.82, 2.24) is 15.3 Å². The number of nitrogens with zero attached hydrogens (tertiary/aromatic N) is 2. The molecule has 1 amide bonds. The predicted molar refractivity (Wildman–Crippen MR) is 121 cm³/mol. The van der Waals surface area contributed by atoms with Crippen molar-refractivity contribution in [2.75, 3.05) is 18.1 Å². The van der Waals surface area contributed by atoms with E-state index in [0.29, 0.717) is 23.9 Å². The summed E-state index contributed by atoms with van der Waals surface area (Å²) >= 11 is 0. The molecule has 3 aromatic rings. The molecule has 0 atom stereocenters. The van der Waals surface area contributed by atoms with Crippen LogP contribution in [0, 0.1) is 11.6 Å². The maximum Gasteiger partial charge on any atom is 0.251 e. The Balaban J connectivity index is 1.68. The maximum absolute atomic E-state index is 14.3. The molecule has 2 heterocycles. The normalized spacial score (nSPS) is 15.0. The van der Waals surface area contributed by atoms with Crippen LogP contribution in [-0.4, -0.2) is 37.1 Å². The zero-order valence-electron chi connectivity index (χ0n) is 18.2. The van der Waals surface area contributed by atoms with E-state index in [1.165, 1.54) is 6.20 Å². The van der Waals surface area contributed by atoms with Crippen molar-refractivity contribution in [3.8, 4) is 11.3 Å². The van der Waals surface area contributed by atoms with Crippen molar-refractivity contribution < 1.29 is 22.0 Å². The Morgan fingerprint density at radius 3 is 2.61 bits per heavy atom. The van der Waals surface area contributed by atoms with E-state index in [4.69, 9.17) is 0 Å². The molecule has 7 nitrogen and oxygen atoms in total. The quantitative estimate of drug-likeness (QED) is 0.587. The fraction of sp³-hybridized carbons (Fsp3) is 0.261. The molecule has 1 aliphatic heterocycles. The third-order valence-corrected chi connectivity index (χ3v) is 6.27. The molecule has 0 saturated heterocycles. The van der Waals surface area contributed by atoms with E-state index in [2.05, 4.69) is 20.6 Å². The standard InChI is InChI=1S/C23H22F2N4O3S/c1-23(2)12-27-21(30)15-5-4-13(8-16(15)23)19-6-7-26-22(28-19)29-20-9-14(11-33(3,31)32)17(24)10-18(20)25/h4-10H,11-12H2,1-3H3,(H,27,30)(H,26,28,29). The molecule has 2 N–H and O–H groups in total. The van der Waals surface area contributed by atoms with Crippen LogP contribution in [0.3, 0.4) is 0 Å². The van der Waals surface area contributed by atoms with Gasteiger partial charge in [0.25, 0.3) is 5.91 Å². The number of carbonyl (C=O) groups excluding carboxylic acids is 1. The van der Waals surface area contributed by atoms with E-state index in [-0.39, 0.29) is 28.5 Å². The van der Waals surface area contributed by atoms with Crippen molar-refractivity contribution in [3.05, 3.63) is 70.9 Å². The van der Waals surface area contributed by atoms with Crippen LogP contribution in [0.2, 0.25) is 0 Å². The number of carbonyl (C=O) groups is 1. The number of nitrogens with one attached hydrogen (secondary N) is 2. The first-order chi connectivity index (χ1) is 15.4. The van der Waals surface area contributed by atoms with Gasteiger partial charge in [0.1, 0.15) is 11.6 Å². The minimum absolute atomic E-state index is 0.0537. The molecular weight excluding hydrogens is 450 g/mol. The van der Waals surface area contributed by atoms with Gasteiger partial charge in [-0.05, 0) is 29.8 Å². The Morgan fingerprint density at radius 2 is 1.88 bits per heavy atom. The second-order valence-electron chi connectivity index (χ2n) is 8.71. The Morgan fingerprint density at radius 1 is 1.12 bits per heavy atom. The second kappa shape index (κ2) is 8.18. The van der Waals surface area contributed by atoms with Gasteiger partial charge in [0.05, 0.1) is 17.1 Å². The molecule has 0 unspecified atom stereocenters. The summed E-state index contributed by atoms with van der Waals surface area (Å²) in [5.74, 6) is -2.48. The zero-order chi connectivity index (χ0) is 24.0. The number of amides is 1. The highest BCUT2D eigenvalue weighted by atomic mass is 32.2.